The molecule has 1 atom stereocenters. The van der Waals surface area contributed by atoms with Gasteiger partial charge in [0.25, 0.3) is 0 Å². The lowest BCUT2D eigenvalue weighted by Gasteiger charge is -2.13. The first-order chi connectivity index (χ1) is 7.77. The molecular formula is C15H15N. The summed E-state index contributed by atoms with van der Waals surface area (Å²) in [7, 11) is 0. The van der Waals surface area contributed by atoms with Gasteiger partial charge in [0.15, 0.2) is 0 Å². The summed E-state index contributed by atoms with van der Waals surface area (Å²) in [6.45, 7) is 4.39. The normalized spacial score (nSPS) is 12.3. The first kappa shape index (κ1) is 10.7. The molecule has 2 rings (SSSR count). The molecule has 1 unspecified atom stereocenters. The Morgan fingerprint density at radius 1 is 1.38 bits per heavy atom. The van der Waals surface area contributed by atoms with Gasteiger partial charge in [0.2, 0.25) is 0 Å². The molecule has 1 aromatic carbocycles. The van der Waals surface area contributed by atoms with Gasteiger partial charge in [-0.15, -0.1) is 6.42 Å². The SMILES string of the molecule is C#Cc1cccc2cncc(C(C)CC)c12. The fourth-order valence-electron chi connectivity index (χ4n) is 1.98. The van der Waals surface area contributed by atoms with Crippen LogP contribution in [-0.2, 0) is 0 Å². The van der Waals surface area contributed by atoms with Crippen LogP contribution >= 0.6 is 0 Å². The highest BCUT2D eigenvalue weighted by Gasteiger charge is 2.10. The highest BCUT2D eigenvalue weighted by atomic mass is 14.6. The molecule has 0 aliphatic heterocycles. The van der Waals surface area contributed by atoms with Crippen molar-refractivity contribution in [2.75, 3.05) is 0 Å². The summed E-state index contributed by atoms with van der Waals surface area (Å²) in [5, 5.41) is 2.32. The molecule has 16 heavy (non-hydrogen) atoms. The minimum Gasteiger partial charge on any atom is -0.264 e. The first-order valence-corrected chi connectivity index (χ1v) is 5.61. The van der Waals surface area contributed by atoms with Gasteiger partial charge in [-0.2, -0.15) is 0 Å². The Kier molecular flexibility index (Phi) is 2.92. The molecule has 0 spiro atoms. The van der Waals surface area contributed by atoms with Crippen LogP contribution in [0, 0.1) is 12.3 Å². The van der Waals surface area contributed by atoms with Crippen molar-refractivity contribution in [1.29, 1.82) is 0 Å². The summed E-state index contributed by atoms with van der Waals surface area (Å²) in [6, 6.07) is 6.04. The number of rotatable bonds is 2. The van der Waals surface area contributed by atoms with Crippen LogP contribution in [0.4, 0.5) is 0 Å². The highest BCUT2D eigenvalue weighted by Crippen LogP contribution is 2.28. The van der Waals surface area contributed by atoms with Crippen LogP contribution in [0.2, 0.25) is 0 Å². The number of fused-ring (bicyclic) bond motifs is 1. The topological polar surface area (TPSA) is 12.9 Å². The lowest BCUT2D eigenvalue weighted by atomic mass is 9.93. The molecule has 0 aliphatic carbocycles. The summed E-state index contributed by atoms with van der Waals surface area (Å²) < 4.78 is 0. The molecule has 1 heteroatoms. The molecule has 80 valence electrons. The van der Waals surface area contributed by atoms with Crippen LogP contribution in [0.1, 0.15) is 37.3 Å². The molecule has 1 aromatic heterocycles. The number of hydrogen-bond donors (Lipinski definition) is 0. The first-order valence-electron chi connectivity index (χ1n) is 5.61. The fraction of sp³-hybridized carbons (Fsp3) is 0.267. The maximum absolute atomic E-state index is 5.56. The van der Waals surface area contributed by atoms with E-state index in [-0.39, 0.29) is 0 Å². The van der Waals surface area contributed by atoms with Crippen molar-refractivity contribution in [3.63, 3.8) is 0 Å². The molecule has 0 N–H and O–H groups in total. The molecule has 1 heterocycles. The van der Waals surface area contributed by atoms with E-state index in [4.69, 9.17) is 6.42 Å². The van der Waals surface area contributed by atoms with Crippen molar-refractivity contribution >= 4 is 10.8 Å². The van der Waals surface area contributed by atoms with Crippen molar-refractivity contribution in [1.82, 2.24) is 4.98 Å². The van der Waals surface area contributed by atoms with Crippen LogP contribution in [-0.4, -0.2) is 4.98 Å². The Morgan fingerprint density at radius 2 is 2.19 bits per heavy atom. The Bertz CT molecular complexity index is 544. The van der Waals surface area contributed by atoms with E-state index in [1.807, 2.05) is 24.5 Å². The van der Waals surface area contributed by atoms with Crippen molar-refractivity contribution in [2.45, 2.75) is 26.2 Å². The van der Waals surface area contributed by atoms with Crippen LogP contribution in [0.15, 0.2) is 30.6 Å². The third-order valence-corrected chi connectivity index (χ3v) is 3.11. The average Bonchev–Trinajstić information content (AvgIpc) is 2.36. The molecule has 0 radical (unpaired) electrons. The third kappa shape index (κ3) is 1.67. The zero-order valence-corrected chi connectivity index (χ0v) is 9.70. The minimum atomic E-state index is 0.491. The lowest BCUT2D eigenvalue weighted by molar-refractivity contribution is 0.736. The number of benzene rings is 1. The number of pyridine rings is 1. The van der Waals surface area contributed by atoms with Crippen molar-refractivity contribution in [2.24, 2.45) is 0 Å². The predicted molar refractivity (Wildman–Crippen MR) is 68.4 cm³/mol. The van der Waals surface area contributed by atoms with E-state index in [1.54, 1.807) is 0 Å². The molecule has 1 nitrogen and oxygen atoms in total. The van der Waals surface area contributed by atoms with Crippen LogP contribution in [0.25, 0.3) is 10.8 Å². The van der Waals surface area contributed by atoms with E-state index >= 15 is 0 Å². The van der Waals surface area contributed by atoms with E-state index in [0.717, 1.165) is 17.4 Å². The van der Waals surface area contributed by atoms with Crippen LogP contribution < -0.4 is 0 Å². The van der Waals surface area contributed by atoms with Crippen LogP contribution in [0.3, 0.4) is 0 Å². The van der Waals surface area contributed by atoms with Gasteiger partial charge < -0.3 is 0 Å². The molecule has 0 saturated carbocycles. The monoisotopic (exact) mass is 209 g/mol. The lowest BCUT2D eigenvalue weighted by Crippen LogP contribution is -1.96. The van der Waals surface area contributed by atoms with Gasteiger partial charge in [0.1, 0.15) is 0 Å². The van der Waals surface area contributed by atoms with E-state index in [0.29, 0.717) is 5.92 Å². The van der Waals surface area contributed by atoms with E-state index in [2.05, 4.69) is 30.8 Å². The summed E-state index contributed by atoms with van der Waals surface area (Å²) in [6.07, 6.45) is 10.5. The minimum absolute atomic E-state index is 0.491. The van der Waals surface area contributed by atoms with Gasteiger partial charge in [0.05, 0.1) is 0 Å². The second-order valence-electron chi connectivity index (χ2n) is 4.09. The smallest absolute Gasteiger partial charge is 0.0347 e. The molecule has 0 amide bonds. The van der Waals surface area contributed by atoms with Crippen molar-refractivity contribution in [3.8, 4) is 12.3 Å². The highest BCUT2D eigenvalue weighted by molar-refractivity contribution is 5.90. The van der Waals surface area contributed by atoms with E-state index in [9.17, 15) is 0 Å². The van der Waals surface area contributed by atoms with Gasteiger partial charge in [-0.05, 0) is 24.0 Å². The summed E-state index contributed by atoms with van der Waals surface area (Å²) in [4.78, 5) is 4.29. The van der Waals surface area contributed by atoms with Gasteiger partial charge in [-0.3, -0.25) is 4.98 Å². The van der Waals surface area contributed by atoms with E-state index < -0.39 is 0 Å². The number of aromatic nitrogens is 1. The van der Waals surface area contributed by atoms with Crippen molar-refractivity contribution < 1.29 is 0 Å². The predicted octanol–water partition coefficient (Wildman–Crippen LogP) is 3.73. The molecule has 0 bridgehead atoms. The number of hydrogen-bond acceptors (Lipinski definition) is 1. The Hall–Kier alpha value is -1.81. The summed E-state index contributed by atoms with van der Waals surface area (Å²) in [5.74, 6) is 3.25. The summed E-state index contributed by atoms with van der Waals surface area (Å²) in [5.41, 5.74) is 2.23. The van der Waals surface area contributed by atoms with Crippen LogP contribution in [0.5, 0.6) is 0 Å². The zero-order valence-electron chi connectivity index (χ0n) is 9.70. The van der Waals surface area contributed by atoms with Crippen molar-refractivity contribution in [3.05, 3.63) is 41.7 Å². The van der Waals surface area contributed by atoms with Gasteiger partial charge in [-0.25, -0.2) is 0 Å². The number of nitrogens with zero attached hydrogens (tertiary/aromatic N) is 1. The molecule has 0 saturated heterocycles. The van der Waals surface area contributed by atoms with Gasteiger partial charge >= 0.3 is 0 Å². The molecular weight excluding hydrogens is 194 g/mol. The van der Waals surface area contributed by atoms with E-state index in [1.165, 1.54) is 10.9 Å². The number of terminal acetylenes is 1. The fourth-order valence-corrected chi connectivity index (χ4v) is 1.98. The Morgan fingerprint density at radius 3 is 2.88 bits per heavy atom. The third-order valence-electron chi connectivity index (χ3n) is 3.11. The Balaban J connectivity index is 2.80. The zero-order chi connectivity index (χ0) is 11.5. The maximum atomic E-state index is 5.56. The van der Waals surface area contributed by atoms with Gasteiger partial charge in [0, 0.05) is 28.7 Å². The largest absolute Gasteiger partial charge is 0.264 e. The second-order valence-corrected chi connectivity index (χ2v) is 4.09. The van der Waals surface area contributed by atoms with Gasteiger partial charge in [-0.1, -0.05) is 31.9 Å². The Labute approximate surface area is 96.5 Å². The molecule has 2 aromatic rings. The standard InChI is InChI=1S/C15H15N/c1-4-11(3)14-10-16-9-13-8-6-7-12(5-2)15(13)14/h2,6-11H,4H2,1,3H3. The summed E-state index contributed by atoms with van der Waals surface area (Å²) >= 11 is 0. The molecule has 0 fully saturated rings. The average molecular weight is 209 g/mol. The maximum Gasteiger partial charge on any atom is 0.0347 e. The second kappa shape index (κ2) is 4.37. The quantitative estimate of drug-likeness (QED) is 0.687. The molecule has 0 aliphatic rings.